The molecule has 0 saturated heterocycles. The molecular weight excluding hydrogens is 400 g/mol. The van der Waals surface area contributed by atoms with E-state index in [0.717, 1.165) is 4.88 Å². The van der Waals surface area contributed by atoms with Gasteiger partial charge in [0.2, 0.25) is 11.7 Å². The van der Waals surface area contributed by atoms with Gasteiger partial charge in [0.05, 0.1) is 12.0 Å². The molecule has 1 aromatic carbocycles. The lowest BCUT2D eigenvalue weighted by Gasteiger charge is -2.13. The second kappa shape index (κ2) is 8.57. The molecule has 4 N–H and O–H groups in total. The molecule has 29 heavy (non-hydrogen) atoms. The second-order valence-corrected chi connectivity index (χ2v) is 7.01. The van der Waals surface area contributed by atoms with E-state index in [1.165, 1.54) is 29.5 Å². The largest absolute Gasteiger partial charge is 0.484 e. The molecule has 0 aliphatic carbocycles. The first-order chi connectivity index (χ1) is 13.8. The Morgan fingerprint density at radius 1 is 1.31 bits per heavy atom. The highest BCUT2D eigenvalue weighted by atomic mass is 32.1. The molecule has 3 rings (SSSR count). The first-order valence-corrected chi connectivity index (χ1v) is 9.26. The Balaban J connectivity index is 1.62. The van der Waals surface area contributed by atoms with Crippen molar-refractivity contribution in [1.82, 2.24) is 5.32 Å². The van der Waals surface area contributed by atoms with E-state index in [0.29, 0.717) is 11.3 Å². The van der Waals surface area contributed by atoms with Gasteiger partial charge in [-0.1, -0.05) is 6.07 Å². The smallest absolute Gasteiger partial charge is 0.326 e. The molecule has 2 amide bonds. The van der Waals surface area contributed by atoms with Crippen molar-refractivity contribution in [3.8, 4) is 11.5 Å². The summed E-state index contributed by atoms with van der Waals surface area (Å²) in [5, 5.41) is 13.0. The van der Waals surface area contributed by atoms with Gasteiger partial charge in [-0.2, -0.15) is 0 Å². The third kappa shape index (κ3) is 4.99. The zero-order valence-electron chi connectivity index (χ0n) is 14.9. The molecule has 150 valence electrons. The highest BCUT2D eigenvalue weighted by Crippen LogP contribution is 2.35. The Hall–Kier alpha value is -3.66. The Morgan fingerprint density at radius 2 is 2.10 bits per heavy atom. The molecule has 0 fully saturated rings. The van der Waals surface area contributed by atoms with Gasteiger partial charge in [-0.25, -0.2) is 4.79 Å². The van der Waals surface area contributed by atoms with Crippen molar-refractivity contribution >= 4 is 41.0 Å². The van der Waals surface area contributed by atoms with Crippen LogP contribution in [-0.4, -0.2) is 41.3 Å². The highest BCUT2D eigenvalue weighted by molar-refractivity contribution is 7.10. The third-order valence-corrected chi connectivity index (χ3v) is 4.69. The summed E-state index contributed by atoms with van der Waals surface area (Å²) in [6.07, 6.45) is 1.11. The van der Waals surface area contributed by atoms with Crippen molar-refractivity contribution in [3.05, 3.63) is 51.9 Å². The van der Waals surface area contributed by atoms with Gasteiger partial charge < -0.3 is 25.6 Å². The summed E-state index contributed by atoms with van der Waals surface area (Å²) in [6, 6.07) is 6.77. The van der Waals surface area contributed by atoms with E-state index in [1.54, 1.807) is 6.08 Å². The fourth-order valence-corrected chi connectivity index (χ4v) is 3.19. The van der Waals surface area contributed by atoms with Gasteiger partial charge in [-0.05, 0) is 23.6 Å². The number of amides is 2. The number of carboxylic acids is 1. The van der Waals surface area contributed by atoms with Crippen LogP contribution in [0.25, 0.3) is 6.08 Å². The summed E-state index contributed by atoms with van der Waals surface area (Å²) in [5.41, 5.74) is 5.33. The van der Waals surface area contributed by atoms with Crippen molar-refractivity contribution in [2.24, 2.45) is 5.73 Å². The van der Waals surface area contributed by atoms with Gasteiger partial charge >= 0.3 is 5.97 Å². The van der Waals surface area contributed by atoms with E-state index >= 15 is 0 Å². The molecule has 9 nitrogen and oxygen atoms in total. The maximum absolute atomic E-state index is 12.4. The molecule has 1 aliphatic heterocycles. The number of thiophene rings is 1. The predicted molar refractivity (Wildman–Crippen MR) is 103 cm³/mol. The minimum absolute atomic E-state index is 0.188. The zero-order valence-corrected chi connectivity index (χ0v) is 15.7. The number of carbonyl (C=O) groups excluding carboxylic acids is 3. The molecule has 1 aliphatic rings. The number of fused-ring (bicyclic) bond motifs is 1. The fraction of sp³-hybridized carbons (Fsp3) is 0.158. The van der Waals surface area contributed by atoms with Crippen molar-refractivity contribution < 1.29 is 33.8 Å². The maximum Gasteiger partial charge on any atom is 0.326 e. The first kappa shape index (κ1) is 20.1. The minimum atomic E-state index is -1.44. The summed E-state index contributed by atoms with van der Waals surface area (Å²) in [4.78, 5) is 47.0. The maximum atomic E-state index is 12.4. The lowest BCUT2D eigenvalue weighted by molar-refractivity contribution is -0.143. The number of hydrogen-bond acceptors (Lipinski definition) is 7. The summed E-state index contributed by atoms with van der Waals surface area (Å²) < 4.78 is 10.9. The summed E-state index contributed by atoms with van der Waals surface area (Å²) in [6.45, 7) is -0.493. The average Bonchev–Trinajstić information content (AvgIpc) is 3.27. The lowest BCUT2D eigenvalue weighted by Crippen LogP contribution is -2.45. The summed E-state index contributed by atoms with van der Waals surface area (Å²) in [5.74, 6) is -2.49. The summed E-state index contributed by atoms with van der Waals surface area (Å²) in [7, 11) is 0. The Morgan fingerprint density at radius 3 is 2.76 bits per heavy atom. The van der Waals surface area contributed by atoms with Gasteiger partial charge in [0.25, 0.3) is 5.91 Å². The second-order valence-electron chi connectivity index (χ2n) is 6.03. The number of nitrogens with one attached hydrogen (secondary N) is 1. The Labute approximate surface area is 168 Å². The molecular formula is C19H16N2O7S. The zero-order chi connectivity index (χ0) is 21.0. The van der Waals surface area contributed by atoms with Crippen molar-refractivity contribution in [3.63, 3.8) is 0 Å². The van der Waals surface area contributed by atoms with Crippen LogP contribution in [0.15, 0.2) is 41.5 Å². The molecule has 0 radical (unpaired) electrons. The third-order valence-electron chi connectivity index (χ3n) is 3.87. The number of aliphatic carboxylic acids is 1. The molecule has 1 aromatic heterocycles. The number of allylic oxidation sites excluding steroid dienone is 1. The SMILES string of the molecule is NC(=O)C[C@@H](NC(=O)COc1ccc2c(c1)OC(=Cc1cccs1)C2=O)C(=O)O. The number of carboxylic acid groups (broad SMARTS) is 1. The number of nitrogens with two attached hydrogens (primary N) is 1. The normalized spacial score (nSPS) is 14.8. The molecule has 2 heterocycles. The molecule has 10 heteroatoms. The van der Waals surface area contributed by atoms with Crippen molar-refractivity contribution in [1.29, 1.82) is 0 Å². The van der Waals surface area contributed by atoms with E-state index in [-0.39, 0.29) is 17.3 Å². The molecule has 1 atom stereocenters. The number of benzene rings is 1. The molecule has 0 unspecified atom stereocenters. The quantitative estimate of drug-likeness (QED) is 0.548. The fourth-order valence-electron chi connectivity index (χ4n) is 2.55. The van der Waals surface area contributed by atoms with E-state index in [2.05, 4.69) is 5.32 Å². The van der Waals surface area contributed by atoms with E-state index in [4.69, 9.17) is 20.3 Å². The first-order valence-electron chi connectivity index (χ1n) is 8.38. The van der Waals surface area contributed by atoms with Gasteiger partial charge in [0, 0.05) is 17.0 Å². The van der Waals surface area contributed by atoms with Crippen molar-refractivity contribution in [2.75, 3.05) is 6.61 Å². The molecule has 2 aromatic rings. The number of primary amides is 1. The number of ketones is 1. The van der Waals surface area contributed by atoms with E-state index < -0.39 is 36.9 Å². The highest BCUT2D eigenvalue weighted by Gasteiger charge is 2.28. The van der Waals surface area contributed by atoms with Gasteiger partial charge in [0.15, 0.2) is 12.4 Å². The number of carbonyl (C=O) groups is 4. The van der Waals surface area contributed by atoms with Crippen LogP contribution in [0.2, 0.25) is 0 Å². The van der Waals surface area contributed by atoms with Crippen LogP contribution in [0, 0.1) is 0 Å². The van der Waals surface area contributed by atoms with E-state index in [9.17, 15) is 19.2 Å². The molecule has 0 saturated carbocycles. The number of Topliss-reactive ketones (excluding diaryl/α,β-unsaturated/α-hetero) is 1. The van der Waals surface area contributed by atoms with Crippen molar-refractivity contribution in [2.45, 2.75) is 12.5 Å². The number of hydrogen-bond donors (Lipinski definition) is 3. The Bertz CT molecular complexity index is 998. The van der Waals surface area contributed by atoms with Crippen LogP contribution in [0.5, 0.6) is 11.5 Å². The molecule has 0 bridgehead atoms. The van der Waals surface area contributed by atoms with Crippen LogP contribution < -0.4 is 20.5 Å². The number of ether oxygens (including phenoxy) is 2. The summed E-state index contributed by atoms with van der Waals surface area (Å²) >= 11 is 1.47. The lowest BCUT2D eigenvalue weighted by atomic mass is 10.1. The van der Waals surface area contributed by atoms with Crippen LogP contribution in [0.1, 0.15) is 21.7 Å². The van der Waals surface area contributed by atoms with Crippen LogP contribution in [-0.2, 0) is 14.4 Å². The predicted octanol–water partition coefficient (Wildman–Crippen LogP) is 1.19. The van der Waals surface area contributed by atoms with E-state index in [1.807, 2.05) is 17.5 Å². The average molecular weight is 416 g/mol. The topological polar surface area (TPSA) is 145 Å². The van der Waals surface area contributed by atoms with Crippen LogP contribution in [0.3, 0.4) is 0 Å². The number of rotatable bonds is 8. The van der Waals surface area contributed by atoms with Gasteiger partial charge in [-0.3, -0.25) is 14.4 Å². The monoisotopic (exact) mass is 416 g/mol. The van der Waals surface area contributed by atoms with Gasteiger partial charge in [0.1, 0.15) is 17.5 Å². The van der Waals surface area contributed by atoms with Crippen LogP contribution >= 0.6 is 11.3 Å². The van der Waals surface area contributed by atoms with Gasteiger partial charge in [-0.15, -0.1) is 11.3 Å². The van der Waals surface area contributed by atoms with Crippen LogP contribution in [0.4, 0.5) is 0 Å². The Kier molecular flexibility index (Phi) is 5.93. The minimum Gasteiger partial charge on any atom is -0.484 e. The molecule has 0 spiro atoms. The standard InChI is InChI=1S/C19H16N2O7S/c20-16(22)8-13(19(25)26)21-17(23)9-27-10-3-4-12-14(6-10)28-15(18(12)24)7-11-2-1-5-29-11/h1-7,13H,8-9H2,(H2,20,22)(H,21,23)(H,25,26)/t13-/m1/s1.